The Bertz CT molecular complexity index is 551. The van der Waals surface area contributed by atoms with Crippen LogP contribution in [-0.4, -0.2) is 4.98 Å². The molecule has 0 amide bonds. The van der Waals surface area contributed by atoms with Crippen molar-refractivity contribution < 1.29 is 0 Å². The molecular formula is C12H10BrCl2NS. The standard InChI is InChI=1S/C12H10BrCl2NS/c1-6(2)11-10(16-12(13)17-11)8-4-3-7(14)5-9(8)15/h3-6H,1-2H3. The van der Waals surface area contributed by atoms with Gasteiger partial charge in [0.05, 0.1) is 10.7 Å². The van der Waals surface area contributed by atoms with Crippen molar-refractivity contribution in [3.8, 4) is 11.3 Å². The second-order valence-electron chi connectivity index (χ2n) is 3.96. The van der Waals surface area contributed by atoms with Crippen molar-refractivity contribution in [2.75, 3.05) is 0 Å². The third kappa shape index (κ3) is 2.84. The average Bonchev–Trinajstić information content (AvgIpc) is 2.60. The Labute approximate surface area is 123 Å². The minimum Gasteiger partial charge on any atom is -0.229 e. The predicted molar refractivity (Wildman–Crippen MR) is 79.4 cm³/mol. The number of hydrogen-bond acceptors (Lipinski definition) is 2. The number of nitrogens with zero attached hydrogens (tertiary/aromatic N) is 1. The van der Waals surface area contributed by atoms with Crippen molar-refractivity contribution in [1.82, 2.24) is 4.98 Å². The highest BCUT2D eigenvalue weighted by Crippen LogP contribution is 2.39. The summed E-state index contributed by atoms with van der Waals surface area (Å²) in [6.45, 7) is 4.29. The van der Waals surface area contributed by atoms with E-state index in [9.17, 15) is 0 Å². The molecule has 1 aromatic heterocycles. The van der Waals surface area contributed by atoms with Gasteiger partial charge in [0.25, 0.3) is 0 Å². The van der Waals surface area contributed by atoms with Gasteiger partial charge in [0.15, 0.2) is 3.92 Å². The quantitative estimate of drug-likeness (QED) is 0.646. The van der Waals surface area contributed by atoms with Gasteiger partial charge in [-0.05, 0) is 40.0 Å². The zero-order valence-electron chi connectivity index (χ0n) is 9.30. The van der Waals surface area contributed by atoms with Crippen LogP contribution in [0.3, 0.4) is 0 Å². The lowest BCUT2D eigenvalue weighted by Gasteiger charge is -2.07. The minimum absolute atomic E-state index is 0.417. The van der Waals surface area contributed by atoms with E-state index in [1.165, 1.54) is 4.88 Å². The lowest BCUT2D eigenvalue weighted by molar-refractivity contribution is 0.888. The van der Waals surface area contributed by atoms with Crippen molar-refractivity contribution in [1.29, 1.82) is 0 Å². The molecule has 5 heteroatoms. The molecule has 0 saturated carbocycles. The first-order chi connectivity index (χ1) is 7.99. The van der Waals surface area contributed by atoms with Gasteiger partial charge in [-0.1, -0.05) is 37.0 Å². The van der Waals surface area contributed by atoms with Gasteiger partial charge < -0.3 is 0 Å². The van der Waals surface area contributed by atoms with Crippen LogP contribution in [-0.2, 0) is 0 Å². The van der Waals surface area contributed by atoms with E-state index in [-0.39, 0.29) is 0 Å². The number of halogens is 3. The average molecular weight is 351 g/mol. The van der Waals surface area contributed by atoms with E-state index < -0.39 is 0 Å². The Balaban J connectivity index is 2.59. The van der Waals surface area contributed by atoms with Gasteiger partial charge in [-0.2, -0.15) is 0 Å². The molecule has 0 aliphatic carbocycles. The summed E-state index contributed by atoms with van der Waals surface area (Å²) >= 11 is 17.2. The van der Waals surface area contributed by atoms with Gasteiger partial charge in [0.1, 0.15) is 0 Å². The smallest absolute Gasteiger partial charge is 0.160 e. The second kappa shape index (κ2) is 5.27. The molecule has 0 aliphatic rings. The van der Waals surface area contributed by atoms with E-state index in [1.807, 2.05) is 12.1 Å². The van der Waals surface area contributed by atoms with Crippen LogP contribution in [0.5, 0.6) is 0 Å². The van der Waals surface area contributed by atoms with Crippen molar-refractivity contribution >= 4 is 50.5 Å². The number of benzene rings is 1. The topological polar surface area (TPSA) is 12.9 Å². The first-order valence-electron chi connectivity index (χ1n) is 5.10. The molecule has 0 radical (unpaired) electrons. The third-order valence-electron chi connectivity index (χ3n) is 2.34. The monoisotopic (exact) mass is 349 g/mol. The van der Waals surface area contributed by atoms with Crippen molar-refractivity contribution in [2.45, 2.75) is 19.8 Å². The molecule has 0 fully saturated rings. The summed E-state index contributed by atoms with van der Waals surface area (Å²) in [5.41, 5.74) is 1.88. The Morgan fingerprint density at radius 2 is 2.00 bits per heavy atom. The van der Waals surface area contributed by atoms with E-state index in [2.05, 4.69) is 34.8 Å². The Hall–Kier alpha value is -0.0900. The zero-order chi connectivity index (χ0) is 12.6. The van der Waals surface area contributed by atoms with E-state index >= 15 is 0 Å². The van der Waals surface area contributed by atoms with Crippen molar-refractivity contribution in [3.05, 3.63) is 37.0 Å². The van der Waals surface area contributed by atoms with Gasteiger partial charge in [0, 0.05) is 15.5 Å². The summed E-state index contributed by atoms with van der Waals surface area (Å²) in [7, 11) is 0. The maximum Gasteiger partial charge on any atom is 0.160 e. The molecule has 1 nitrogen and oxygen atoms in total. The molecule has 0 spiro atoms. The fourth-order valence-corrected chi connectivity index (χ4v) is 3.58. The molecule has 90 valence electrons. The molecule has 0 atom stereocenters. The van der Waals surface area contributed by atoms with Gasteiger partial charge >= 0.3 is 0 Å². The molecule has 2 rings (SSSR count). The summed E-state index contributed by atoms with van der Waals surface area (Å²) in [6, 6.07) is 5.49. The van der Waals surface area contributed by atoms with Crippen LogP contribution in [0, 0.1) is 0 Å². The Morgan fingerprint density at radius 1 is 1.29 bits per heavy atom. The Kier molecular flexibility index (Phi) is 4.14. The highest BCUT2D eigenvalue weighted by atomic mass is 79.9. The fourth-order valence-electron chi connectivity index (χ4n) is 1.57. The summed E-state index contributed by atoms with van der Waals surface area (Å²) < 4.78 is 0.877. The summed E-state index contributed by atoms with van der Waals surface area (Å²) in [5, 5.41) is 1.27. The summed E-state index contributed by atoms with van der Waals surface area (Å²) in [5.74, 6) is 0.417. The molecule has 0 aliphatic heterocycles. The van der Waals surface area contributed by atoms with Crippen LogP contribution in [0.1, 0.15) is 24.6 Å². The normalized spacial score (nSPS) is 11.2. The molecule has 0 unspecified atom stereocenters. The maximum atomic E-state index is 6.21. The second-order valence-corrected chi connectivity index (χ2v) is 7.11. The highest BCUT2D eigenvalue weighted by Gasteiger charge is 2.17. The van der Waals surface area contributed by atoms with Crippen LogP contribution in [0.2, 0.25) is 10.0 Å². The molecule has 0 bridgehead atoms. The lowest BCUT2D eigenvalue weighted by atomic mass is 10.1. The van der Waals surface area contributed by atoms with E-state index in [0.29, 0.717) is 16.0 Å². The number of aromatic nitrogens is 1. The van der Waals surface area contributed by atoms with Crippen LogP contribution in [0.25, 0.3) is 11.3 Å². The first kappa shape index (κ1) is 13.3. The number of rotatable bonds is 2. The lowest BCUT2D eigenvalue weighted by Crippen LogP contribution is -1.89. The van der Waals surface area contributed by atoms with Gasteiger partial charge in [-0.15, -0.1) is 11.3 Å². The van der Waals surface area contributed by atoms with Gasteiger partial charge in [-0.3, -0.25) is 0 Å². The van der Waals surface area contributed by atoms with E-state index in [1.54, 1.807) is 17.4 Å². The molecule has 17 heavy (non-hydrogen) atoms. The van der Waals surface area contributed by atoms with E-state index in [0.717, 1.165) is 15.2 Å². The first-order valence-corrected chi connectivity index (χ1v) is 7.47. The maximum absolute atomic E-state index is 6.21. The van der Waals surface area contributed by atoms with Crippen LogP contribution < -0.4 is 0 Å². The van der Waals surface area contributed by atoms with Crippen molar-refractivity contribution in [3.63, 3.8) is 0 Å². The summed E-state index contributed by atoms with van der Waals surface area (Å²) in [6.07, 6.45) is 0. The SMILES string of the molecule is CC(C)c1sc(Br)nc1-c1ccc(Cl)cc1Cl. The highest BCUT2D eigenvalue weighted by molar-refractivity contribution is 9.11. The number of hydrogen-bond donors (Lipinski definition) is 0. The van der Waals surface area contributed by atoms with Crippen LogP contribution in [0.4, 0.5) is 0 Å². The zero-order valence-corrected chi connectivity index (χ0v) is 13.2. The minimum atomic E-state index is 0.417. The molecule has 0 saturated heterocycles. The van der Waals surface area contributed by atoms with E-state index in [4.69, 9.17) is 23.2 Å². The molecule has 0 N–H and O–H groups in total. The molecular weight excluding hydrogens is 341 g/mol. The third-order valence-corrected chi connectivity index (χ3v) is 4.69. The molecule has 2 aromatic rings. The van der Waals surface area contributed by atoms with Crippen LogP contribution in [0.15, 0.2) is 22.1 Å². The molecule has 1 aromatic carbocycles. The van der Waals surface area contributed by atoms with Gasteiger partial charge in [-0.25, -0.2) is 4.98 Å². The van der Waals surface area contributed by atoms with Gasteiger partial charge in [0.2, 0.25) is 0 Å². The molecule has 1 heterocycles. The predicted octanol–water partition coefficient (Wildman–Crippen LogP) is 6.00. The number of thiazole rings is 1. The Morgan fingerprint density at radius 3 is 2.59 bits per heavy atom. The van der Waals surface area contributed by atoms with Crippen LogP contribution >= 0.6 is 50.5 Å². The summed E-state index contributed by atoms with van der Waals surface area (Å²) in [4.78, 5) is 5.72. The largest absolute Gasteiger partial charge is 0.229 e. The fraction of sp³-hybridized carbons (Fsp3) is 0.250. The van der Waals surface area contributed by atoms with Crippen molar-refractivity contribution in [2.24, 2.45) is 0 Å².